The zero-order chi connectivity index (χ0) is 34.1. The Labute approximate surface area is 298 Å². The van der Waals surface area contributed by atoms with E-state index in [-0.39, 0.29) is 0 Å². The molecule has 0 aliphatic carbocycles. The van der Waals surface area contributed by atoms with E-state index >= 15 is 0 Å². The minimum absolute atomic E-state index is 0.983. The van der Waals surface area contributed by atoms with E-state index in [1.54, 1.807) is 0 Å². The van der Waals surface area contributed by atoms with Crippen LogP contribution in [0.3, 0.4) is 0 Å². The summed E-state index contributed by atoms with van der Waals surface area (Å²) < 4.78 is 0. The Morgan fingerprint density at radius 1 is 0.420 bits per heavy atom. The lowest BCUT2D eigenvalue weighted by atomic mass is 9.91. The van der Waals surface area contributed by atoms with Crippen LogP contribution in [0.4, 0.5) is 0 Å². The number of fused-ring (bicyclic) bond motifs is 2. The van der Waals surface area contributed by atoms with E-state index in [9.17, 15) is 0 Å². The molecule has 50 heavy (non-hydrogen) atoms. The maximum atomic E-state index is 5.47. The normalized spacial score (nSPS) is 11.4. The molecule has 0 atom stereocenters. The summed E-state index contributed by atoms with van der Waals surface area (Å²) in [5, 5.41) is 2.23. The van der Waals surface area contributed by atoms with Gasteiger partial charge in [-0.3, -0.25) is 0 Å². The van der Waals surface area contributed by atoms with E-state index in [4.69, 9.17) is 9.97 Å². The molecule has 0 bridgehead atoms. The number of benzene rings is 5. The van der Waals surface area contributed by atoms with Gasteiger partial charge < -0.3 is 0 Å². The monoisotopic (exact) mass is 652 g/mol. The molecule has 5 aromatic carbocycles. The van der Waals surface area contributed by atoms with Crippen molar-refractivity contribution in [2.24, 2.45) is 0 Å². The maximum absolute atomic E-state index is 5.47. The van der Waals surface area contributed by atoms with Crippen molar-refractivity contribution in [1.82, 2.24) is 9.97 Å². The van der Waals surface area contributed by atoms with Crippen molar-refractivity contribution < 1.29 is 0 Å². The molecule has 0 spiro atoms. The molecule has 0 aliphatic rings. The van der Waals surface area contributed by atoms with Gasteiger partial charge >= 0.3 is 0 Å². The van der Waals surface area contributed by atoms with Gasteiger partial charge in [0.05, 0.1) is 22.4 Å². The van der Waals surface area contributed by atoms with Crippen LogP contribution >= 0.6 is 0 Å². The van der Waals surface area contributed by atoms with E-state index < -0.39 is 0 Å². The van der Waals surface area contributed by atoms with Gasteiger partial charge in [0.15, 0.2) is 0 Å². The lowest BCUT2D eigenvalue weighted by Crippen LogP contribution is -1.96. The Bertz CT molecular complexity index is 2150. The van der Waals surface area contributed by atoms with Crippen molar-refractivity contribution in [3.63, 3.8) is 0 Å². The summed E-state index contributed by atoms with van der Waals surface area (Å²) in [4.78, 5) is 10.8. The fourth-order valence-corrected chi connectivity index (χ4v) is 7.21. The van der Waals surface area contributed by atoms with E-state index in [2.05, 4.69) is 147 Å². The van der Waals surface area contributed by atoms with Gasteiger partial charge in [-0.1, -0.05) is 162 Å². The second-order valence-electron chi connectivity index (χ2n) is 13.7. The number of aromatic nitrogens is 2. The molecule has 0 radical (unpaired) electrons. The molecule has 0 unspecified atom stereocenters. The Kier molecular flexibility index (Phi) is 10.8. The topological polar surface area (TPSA) is 25.8 Å². The fraction of sp³-hybridized carbons (Fsp3) is 0.250. The molecule has 0 N–H and O–H groups in total. The summed E-state index contributed by atoms with van der Waals surface area (Å²) in [7, 11) is 0. The van der Waals surface area contributed by atoms with Crippen molar-refractivity contribution in [3.8, 4) is 44.8 Å². The molecule has 2 aromatic heterocycles. The van der Waals surface area contributed by atoms with Crippen LogP contribution in [0.25, 0.3) is 66.6 Å². The fourth-order valence-electron chi connectivity index (χ4n) is 7.21. The van der Waals surface area contributed by atoms with E-state index in [1.807, 2.05) is 0 Å². The predicted octanol–water partition coefficient (Wildman–Crippen LogP) is 13.7. The highest BCUT2D eigenvalue weighted by Crippen LogP contribution is 2.41. The SMILES string of the molecule is CCCCCCc1ccc(-c2ccc3c(-c4ccccc4)c4nc(-c5ccc(CCCCCC)cc5)cc(-c5ccccc5)c4cc3n2)cc1. The minimum atomic E-state index is 0.983. The van der Waals surface area contributed by atoms with Crippen molar-refractivity contribution >= 4 is 21.8 Å². The van der Waals surface area contributed by atoms with Crippen molar-refractivity contribution in [2.75, 3.05) is 0 Å². The number of aryl methyl sites for hydroxylation is 2. The molecule has 7 rings (SSSR count). The van der Waals surface area contributed by atoms with Crippen LogP contribution in [0.1, 0.15) is 76.3 Å². The van der Waals surface area contributed by atoms with Gasteiger partial charge in [-0.2, -0.15) is 0 Å². The molecule has 7 aromatic rings. The molecule has 0 aliphatic heterocycles. The first-order chi connectivity index (χ1) is 24.7. The average molecular weight is 653 g/mol. The molecular formula is C48H48N2. The second-order valence-corrected chi connectivity index (χ2v) is 13.7. The number of rotatable bonds is 14. The third-order valence-corrected chi connectivity index (χ3v) is 10.1. The zero-order valence-electron chi connectivity index (χ0n) is 29.7. The zero-order valence-corrected chi connectivity index (χ0v) is 29.7. The third kappa shape index (κ3) is 7.55. The van der Waals surface area contributed by atoms with Crippen LogP contribution in [0.2, 0.25) is 0 Å². The quantitative estimate of drug-likeness (QED) is 0.0863. The largest absolute Gasteiger partial charge is 0.248 e. The highest BCUT2D eigenvalue weighted by molar-refractivity contribution is 6.14. The smallest absolute Gasteiger partial charge is 0.0801 e. The highest BCUT2D eigenvalue weighted by atomic mass is 14.7. The average Bonchev–Trinajstić information content (AvgIpc) is 3.18. The lowest BCUT2D eigenvalue weighted by molar-refractivity contribution is 0.667. The number of unbranched alkanes of at least 4 members (excludes halogenated alkanes) is 6. The van der Waals surface area contributed by atoms with Crippen LogP contribution in [0, 0.1) is 0 Å². The molecule has 0 fully saturated rings. The maximum Gasteiger partial charge on any atom is 0.0801 e. The summed E-state index contributed by atoms with van der Waals surface area (Å²) in [6.45, 7) is 4.53. The van der Waals surface area contributed by atoms with Crippen molar-refractivity contribution in [1.29, 1.82) is 0 Å². The van der Waals surface area contributed by atoms with Crippen LogP contribution in [0.15, 0.2) is 133 Å². The van der Waals surface area contributed by atoms with Crippen LogP contribution in [-0.2, 0) is 12.8 Å². The number of hydrogen-bond acceptors (Lipinski definition) is 2. The Hall–Kier alpha value is -5.08. The summed E-state index contributed by atoms with van der Waals surface area (Å²) in [6, 6.07) is 48.6. The van der Waals surface area contributed by atoms with Gasteiger partial charge in [-0.05, 0) is 77.8 Å². The molecule has 0 amide bonds. The molecule has 2 nitrogen and oxygen atoms in total. The standard InChI is InChI=1S/C48H48N2/c1-3-5-7-11-17-35-23-27-38(28-24-35)44-32-31-41-46(49-44)34-43-42(37-19-13-9-14-20-37)33-45(50-48(43)47(41)40-21-15-10-16-22-40)39-29-25-36(26-30-39)18-12-8-6-4-2/h9-10,13-16,19-34H,3-8,11-12,17-18H2,1-2H3. The summed E-state index contributed by atoms with van der Waals surface area (Å²) >= 11 is 0. The molecular weight excluding hydrogens is 605 g/mol. The first kappa shape index (κ1) is 33.4. The Balaban J connectivity index is 1.36. The molecule has 0 saturated carbocycles. The summed E-state index contributed by atoms with van der Waals surface area (Å²) in [5.74, 6) is 0. The van der Waals surface area contributed by atoms with Crippen LogP contribution < -0.4 is 0 Å². The summed E-state index contributed by atoms with van der Waals surface area (Å²) in [6.07, 6.45) is 12.5. The molecule has 250 valence electrons. The Morgan fingerprint density at radius 3 is 1.56 bits per heavy atom. The van der Waals surface area contributed by atoms with Gasteiger partial charge in [0.1, 0.15) is 0 Å². The van der Waals surface area contributed by atoms with Crippen LogP contribution in [0.5, 0.6) is 0 Å². The van der Waals surface area contributed by atoms with E-state index in [0.717, 1.165) is 68.3 Å². The molecule has 0 saturated heterocycles. The number of hydrogen-bond donors (Lipinski definition) is 0. The van der Waals surface area contributed by atoms with E-state index in [1.165, 1.54) is 73.6 Å². The lowest BCUT2D eigenvalue weighted by Gasteiger charge is -2.17. The van der Waals surface area contributed by atoms with Crippen molar-refractivity contribution in [2.45, 2.75) is 78.1 Å². The minimum Gasteiger partial charge on any atom is -0.248 e. The number of pyridine rings is 2. The van der Waals surface area contributed by atoms with Crippen molar-refractivity contribution in [3.05, 3.63) is 145 Å². The first-order valence-electron chi connectivity index (χ1n) is 18.8. The highest BCUT2D eigenvalue weighted by Gasteiger charge is 2.18. The van der Waals surface area contributed by atoms with Gasteiger partial charge in [-0.15, -0.1) is 0 Å². The summed E-state index contributed by atoms with van der Waals surface area (Å²) in [5.41, 5.74) is 13.7. The van der Waals surface area contributed by atoms with Gasteiger partial charge in [0.2, 0.25) is 0 Å². The van der Waals surface area contributed by atoms with Gasteiger partial charge in [0.25, 0.3) is 0 Å². The Morgan fingerprint density at radius 2 is 0.980 bits per heavy atom. The van der Waals surface area contributed by atoms with Gasteiger partial charge in [0, 0.05) is 27.5 Å². The van der Waals surface area contributed by atoms with E-state index in [0.29, 0.717) is 0 Å². The molecule has 2 heteroatoms. The predicted molar refractivity (Wildman–Crippen MR) is 214 cm³/mol. The molecule has 2 heterocycles. The van der Waals surface area contributed by atoms with Crippen LogP contribution in [-0.4, -0.2) is 9.97 Å². The first-order valence-corrected chi connectivity index (χ1v) is 18.8. The second kappa shape index (κ2) is 16.1. The number of nitrogens with zero attached hydrogens (tertiary/aromatic N) is 2. The third-order valence-electron chi connectivity index (χ3n) is 10.1. The van der Waals surface area contributed by atoms with Gasteiger partial charge in [-0.25, -0.2) is 9.97 Å².